The van der Waals surface area contributed by atoms with Crippen LogP contribution in [0.25, 0.3) is 0 Å². The molecule has 6 heteroatoms. The van der Waals surface area contributed by atoms with Crippen LogP contribution in [-0.2, 0) is 18.3 Å². The van der Waals surface area contributed by atoms with Gasteiger partial charge in [0.1, 0.15) is 6.04 Å². The Morgan fingerprint density at radius 1 is 1.65 bits per heavy atom. The Morgan fingerprint density at radius 2 is 2.41 bits per heavy atom. The Labute approximate surface area is 99.5 Å². The molecule has 0 aliphatic carbocycles. The number of carbonyl (C=O) groups is 1. The molecule has 1 aliphatic rings. The summed E-state index contributed by atoms with van der Waals surface area (Å²) < 4.78 is 1.78. The van der Waals surface area contributed by atoms with Crippen LogP contribution in [0.5, 0.6) is 0 Å². The monoisotopic (exact) mass is 239 g/mol. The molecule has 2 atom stereocenters. The number of hydrogen-bond acceptors (Lipinski definition) is 4. The predicted octanol–water partition coefficient (Wildman–Crippen LogP) is -0.518. The number of aliphatic hydroxyl groups is 1. The number of rotatable bonds is 4. The SMILES string of the molecule is Cn1nccc1CCN1CC(O)CC1C(=O)O. The molecule has 6 nitrogen and oxygen atoms in total. The Kier molecular flexibility index (Phi) is 3.44. The van der Waals surface area contributed by atoms with Crippen LogP contribution < -0.4 is 0 Å². The van der Waals surface area contributed by atoms with Gasteiger partial charge in [0.15, 0.2) is 0 Å². The van der Waals surface area contributed by atoms with Crippen molar-refractivity contribution in [2.24, 2.45) is 7.05 Å². The normalized spacial score (nSPS) is 25.3. The van der Waals surface area contributed by atoms with Gasteiger partial charge in [-0.05, 0) is 6.07 Å². The van der Waals surface area contributed by atoms with Crippen molar-refractivity contribution in [1.29, 1.82) is 0 Å². The second-order valence-corrected chi connectivity index (χ2v) is 4.43. The first kappa shape index (κ1) is 12.1. The molecule has 0 bridgehead atoms. The van der Waals surface area contributed by atoms with Crippen molar-refractivity contribution in [2.45, 2.75) is 25.0 Å². The van der Waals surface area contributed by atoms with Crippen molar-refractivity contribution in [1.82, 2.24) is 14.7 Å². The summed E-state index contributed by atoms with van der Waals surface area (Å²) in [5, 5.41) is 22.6. The number of carboxylic acid groups (broad SMARTS) is 1. The van der Waals surface area contributed by atoms with Crippen molar-refractivity contribution >= 4 is 5.97 Å². The molecule has 1 fully saturated rings. The van der Waals surface area contributed by atoms with Crippen LogP contribution in [-0.4, -0.2) is 56.1 Å². The lowest BCUT2D eigenvalue weighted by atomic mass is 10.2. The van der Waals surface area contributed by atoms with Crippen LogP contribution in [0.1, 0.15) is 12.1 Å². The van der Waals surface area contributed by atoms with E-state index in [2.05, 4.69) is 5.10 Å². The van der Waals surface area contributed by atoms with E-state index in [1.165, 1.54) is 0 Å². The molecule has 1 aromatic heterocycles. The minimum atomic E-state index is -0.855. The zero-order chi connectivity index (χ0) is 12.4. The number of nitrogens with zero attached hydrogens (tertiary/aromatic N) is 3. The molecule has 0 saturated carbocycles. The molecule has 0 radical (unpaired) electrons. The van der Waals surface area contributed by atoms with Gasteiger partial charge in [0.2, 0.25) is 0 Å². The Morgan fingerprint density at radius 3 is 3.00 bits per heavy atom. The van der Waals surface area contributed by atoms with E-state index in [4.69, 9.17) is 5.11 Å². The second-order valence-electron chi connectivity index (χ2n) is 4.43. The van der Waals surface area contributed by atoms with Gasteiger partial charge in [-0.2, -0.15) is 5.10 Å². The number of hydrogen-bond donors (Lipinski definition) is 2. The van der Waals surface area contributed by atoms with Crippen LogP contribution in [0.3, 0.4) is 0 Å². The highest BCUT2D eigenvalue weighted by Crippen LogP contribution is 2.18. The summed E-state index contributed by atoms with van der Waals surface area (Å²) in [7, 11) is 1.86. The van der Waals surface area contributed by atoms with E-state index >= 15 is 0 Å². The van der Waals surface area contributed by atoms with Gasteiger partial charge >= 0.3 is 5.97 Å². The zero-order valence-electron chi connectivity index (χ0n) is 9.78. The average Bonchev–Trinajstić information content (AvgIpc) is 2.82. The number of aromatic nitrogens is 2. The highest BCUT2D eigenvalue weighted by atomic mass is 16.4. The van der Waals surface area contributed by atoms with Crippen molar-refractivity contribution < 1.29 is 15.0 Å². The number of aliphatic carboxylic acids is 1. The fourth-order valence-corrected chi connectivity index (χ4v) is 2.29. The summed E-state index contributed by atoms with van der Waals surface area (Å²) in [4.78, 5) is 12.8. The average molecular weight is 239 g/mol. The first-order chi connectivity index (χ1) is 8.08. The lowest BCUT2D eigenvalue weighted by Crippen LogP contribution is -2.37. The van der Waals surface area contributed by atoms with Gasteiger partial charge in [-0.25, -0.2) is 0 Å². The lowest BCUT2D eigenvalue weighted by molar-refractivity contribution is -0.142. The number of carboxylic acids is 1. The molecule has 2 rings (SSSR count). The molecule has 0 amide bonds. The van der Waals surface area contributed by atoms with E-state index in [0.717, 1.165) is 12.1 Å². The molecule has 2 N–H and O–H groups in total. The smallest absolute Gasteiger partial charge is 0.321 e. The number of likely N-dealkylation sites (tertiary alicyclic amines) is 1. The van der Waals surface area contributed by atoms with Crippen LogP contribution in [0.2, 0.25) is 0 Å². The van der Waals surface area contributed by atoms with E-state index in [0.29, 0.717) is 19.5 Å². The van der Waals surface area contributed by atoms with Crippen LogP contribution in [0.15, 0.2) is 12.3 Å². The van der Waals surface area contributed by atoms with Gasteiger partial charge in [-0.3, -0.25) is 14.4 Å². The van der Waals surface area contributed by atoms with E-state index in [9.17, 15) is 9.90 Å². The minimum absolute atomic E-state index is 0.320. The van der Waals surface area contributed by atoms with E-state index in [1.807, 2.05) is 18.0 Å². The molecule has 17 heavy (non-hydrogen) atoms. The Balaban J connectivity index is 1.94. The van der Waals surface area contributed by atoms with Gasteiger partial charge < -0.3 is 10.2 Å². The van der Waals surface area contributed by atoms with Gasteiger partial charge in [-0.15, -0.1) is 0 Å². The summed E-state index contributed by atoms with van der Waals surface area (Å²) in [5.74, 6) is -0.855. The predicted molar refractivity (Wildman–Crippen MR) is 60.5 cm³/mol. The first-order valence-electron chi connectivity index (χ1n) is 5.69. The molecule has 1 aromatic rings. The third kappa shape index (κ3) is 2.65. The van der Waals surface area contributed by atoms with Crippen molar-refractivity contribution in [3.05, 3.63) is 18.0 Å². The molecular weight excluding hydrogens is 222 g/mol. The van der Waals surface area contributed by atoms with Crippen LogP contribution in [0, 0.1) is 0 Å². The minimum Gasteiger partial charge on any atom is -0.480 e. The summed E-state index contributed by atoms with van der Waals surface area (Å²) in [5.41, 5.74) is 1.07. The molecule has 2 unspecified atom stereocenters. The summed E-state index contributed by atoms with van der Waals surface area (Å²) in [6, 6.07) is 1.36. The largest absolute Gasteiger partial charge is 0.480 e. The zero-order valence-corrected chi connectivity index (χ0v) is 9.78. The topological polar surface area (TPSA) is 78.6 Å². The summed E-state index contributed by atoms with van der Waals surface area (Å²) in [6.45, 7) is 1.07. The molecule has 94 valence electrons. The third-order valence-electron chi connectivity index (χ3n) is 3.24. The van der Waals surface area contributed by atoms with E-state index in [-0.39, 0.29) is 0 Å². The number of aryl methyl sites for hydroxylation is 1. The maximum Gasteiger partial charge on any atom is 0.321 e. The molecule has 1 aliphatic heterocycles. The standard InChI is InChI=1S/C11H17N3O3/c1-13-8(2-4-12-13)3-5-14-7-9(15)6-10(14)11(16)17/h2,4,9-10,15H,3,5-7H2,1H3,(H,16,17). The fraction of sp³-hybridized carbons (Fsp3) is 0.636. The molecule has 0 spiro atoms. The van der Waals surface area contributed by atoms with Crippen molar-refractivity contribution in [3.63, 3.8) is 0 Å². The Bertz CT molecular complexity index is 404. The van der Waals surface area contributed by atoms with Gasteiger partial charge in [0.25, 0.3) is 0 Å². The fourth-order valence-electron chi connectivity index (χ4n) is 2.29. The van der Waals surface area contributed by atoms with Crippen LogP contribution in [0.4, 0.5) is 0 Å². The first-order valence-corrected chi connectivity index (χ1v) is 5.69. The maximum atomic E-state index is 11.0. The lowest BCUT2D eigenvalue weighted by Gasteiger charge is -2.20. The van der Waals surface area contributed by atoms with Crippen LogP contribution >= 0.6 is 0 Å². The molecule has 2 heterocycles. The number of β-amino-alcohol motifs (C(OH)–C–C–N with tert-alkyl or cyclic N) is 1. The van der Waals surface area contributed by atoms with Gasteiger partial charge in [0.05, 0.1) is 6.10 Å². The van der Waals surface area contributed by atoms with Crippen molar-refractivity contribution in [2.75, 3.05) is 13.1 Å². The molecule has 1 saturated heterocycles. The second kappa shape index (κ2) is 4.85. The maximum absolute atomic E-state index is 11.0. The van der Waals surface area contributed by atoms with Gasteiger partial charge in [-0.1, -0.05) is 0 Å². The molecule has 0 aromatic carbocycles. The van der Waals surface area contributed by atoms with E-state index in [1.54, 1.807) is 10.9 Å². The summed E-state index contributed by atoms with van der Waals surface area (Å²) >= 11 is 0. The van der Waals surface area contributed by atoms with Crippen molar-refractivity contribution in [3.8, 4) is 0 Å². The summed E-state index contributed by atoms with van der Waals surface area (Å²) in [6.07, 6.45) is 2.26. The quantitative estimate of drug-likeness (QED) is 0.739. The van der Waals surface area contributed by atoms with Gasteiger partial charge in [0, 0.05) is 44.9 Å². The molecular formula is C11H17N3O3. The number of aliphatic hydroxyl groups excluding tert-OH is 1. The highest BCUT2D eigenvalue weighted by molar-refractivity contribution is 5.74. The Hall–Kier alpha value is -1.40. The van der Waals surface area contributed by atoms with E-state index < -0.39 is 18.1 Å². The third-order valence-corrected chi connectivity index (χ3v) is 3.24. The highest BCUT2D eigenvalue weighted by Gasteiger charge is 2.35.